The van der Waals surface area contributed by atoms with Gasteiger partial charge in [-0.3, -0.25) is 4.79 Å². The van der Waals surface area contributed by atoms with Crippen LogP contribution in [-0.2, 0) is 0 Å². The summed E-state index contributed by atoms with van der Waals surface area (Å²) in [6.45, 7) is 1.17. The standard InChI is InChI=1S/C23H23F3N2O3/c24-15-12-17(25)21(18(26)13-15)22(29)14-7-9-28(10-8-14)23(30)27-19-5-3-11-31-20-6-2-1-4-16(19)20/h1-2,4,6,12-14,19H,3,5,7-11H2,(H,27,30)/t19-/m0/s1. The first-order valence-corrected chi connectivity index (χ1v) is 10.4. The van der Waals surface area contributed by atoms with Crippen LogP contribution in [0.25, 0.3) is 0 Å². The van der Waals surface area contributed by atoms with Gasteiger partial charge in [0, 0.05) is 36.7 Å². The highest BCUT2D eigenvalue weighted by molar-refractivity contribution is 5.98. The van der Waals surface area contributed by atoms with E-state index in [2.05, 4.69) is 5.32 Å². The summed E-state index contributed by atoms with van der Waals surface area (Å²) in [5, 5.41) is 3.05. The first-order chi connectivity index (χ1) is 14.9. The second kappa shape index (κ2) is 8.99. The minimum Gasteiger partial charge on any atom is -0.493 e. The highest BCUT2D eigenvalue weighted by atomic mass is 19.1. The van der Waals surface area contributed by atoms with E-state index in [1.165, 1.54) is 0 Å². The third kappa shape index (κ3) is 4.52. The molecule has 164 valence electrons. The molecule has 1 atom stereocenters. The molecule has 2 heterocycles. The number of hydrogen-bond acceptors (Lipinski definition) is 3. The van der Waals surface area contributed by atoms with Crippen molar-refractivity contribution in [2.75, 3.05) is 19.7 Å². The molecule has 8 heteroatoms. The number of carbonyl (C=O) groups excluding carboxylic acids is 2. The topological polar surface area (TPSA) is 58.6 Å². The van der Waals surface area contributed by atoms with Gasteiger partial charge in [-0.15, -0.1) is 0 Å². The summed E-state index contributed by atoms with van der Waals surface area (Å²) >= 11 is 0. The summed E-state index contributed by atoms with van der Waals surface area (Å²) in [5.74, 6) is -4.01. The van der Waals surface area contributed by atoms with Crippen LogP contribution in [0.4, 0.5) is 18.0 Å². The monoisotopic (exact) mass is 432 g/mol. The number of likely N-dealkylation sites (tertiary alicyclic amines) is 1. The molecule has 0 aromatic heterocycles. The van der Waals surface area contributed by atoms with Gasteiger partial charge >= 0.3 is 6.03 Å². The van der Waals surface area contributed by atoms with Crippen LogP contribution in [0.2, 0.25) is 0 Å². The number of amides is 2. The molecule has 0 spiro atoms. The van der Waals surface area contributed by atoms with E-state index in [9.17, 15) is 22.8 Å². The molecule has 5 nitrogen and oxygen atoms in total. The van der Waals surface area contributed by atoms with E-state index in [0.29, 0.717) is 18.7 Å². The van der Waals surface area contributed by atoms with Gasteiger partial charge in [-0.05, 0) is 31.7 Å². The van der Waals surface area contributed by atoms with Crippen LogP contribution < -0.4 is 10.1 Å². The lowest BCUT2D eigenvalue weighted by molar-refractivity contribution is 0.0844. The number of hydrogen-bond donors (Lipinski definition) is 1. The van der Waals surface area contributed by atoms with Crippen LogP contribution in [-0.4, -0.2) is 36.4 Å². The SMILES string of the molecule is O=C(c1c(F)cc(F)cc1F)C1CCN(C(=O)N[C@H]2CCCOc3ccccc32)CC1. The number of urea groups is 1. The Balaban J connectivity index is 1.38. The van der Waals surface area contributed by atoms with E-state index in [0.717, 1.165) is 24.2 Å². The van der Waals surface area contributed by atoms with Gasteiger partial charge in [0.25, 0.3) is 0 Å². The van der Waals surface area contributed by atoms with E-state index in [1.807, 2.05) is 24.3 Å². The zero-order valence-electron chi connectivity index (χ0n) is 16.9. The predicted molar refractivity (Wildman–Crippen MR) is 107 cm³/mol. The summed E-state index contributed by atoms with van der Waals surface area (Å²) in [6, 6.07) is 8.20. The van der Waals surface area contributed by atoms with Gasteiger partial charge < -0.3 is 15.0 Å². The number of carbonyl (C=O) groups is 2. The first kappa shape index (κ1) is 21.2. The highest BCUT2D eigenvalue weighted by Gasteiger charge is 2.32. The zero-order valence-corrected chi connectivity index (χ0v) is 16.9. The van der Waals surface area contributed by atoms with Crippen LogP contribution in [0.5, 0.6) is 5.75 Å². The maximum absolute atomic E-state index is 14.0. The molecule has 1 saturated heterocycles. The second-order valence-corrected chi connectivity index (χ2v) is 7.90. The largest absolute Gasteiger partial charge is 0.493 e. The van der Waals surface area contributed by atoms with E-state index in [1.54, 1.807) is 4.90 Å². The lowest BCUT2D eigenvalue weighted by Crippen LogP contribution is -2.46. The third-order valence-corrected chi connectivity index (χ3v) is 5.89. The zero-order chi connectivity index (χ0) is 22.0. The van der Waals surface area contributed by atoms with Crippen molar-refractivity contribution in [1.29, 1.82) is 0 Å². The van der Waals surface area contributed by atoms with E-state index >= 15 is 0 Å². The number of fused-ring (bicyclic) bond motifs is 1. The minimum absolute atomic E-state index is 0.173. The number of benzene rings is 2. The Labute approximate surface area is 178 Å². The van der Waals surface area contributed by atoms with Crippen molar-refractivity contribution >= 4 is 11.8 Å². The molecule has 0 radical (unpaired) electrons. The van der Waals surface area contributed by atoms with Crippen molar-refractivity contribution < 1.29 is 27.5 Å². The summed E-state index contributed by atoms with van der Waals surface area (Å²) in [7, 11) is 0. The molecule has 2 aromatic carbocycles. The van der Waals surface area contributed by atoms with Crippen LogP contribution in [0.1, 0.15) is 47.6 Å². The molecule has 1 fully saturated rings. The molecular formula is C23H23F3N2O3. The summed E-state index contributed by atoms with van der Waals surface area (Å²) in [5.41, 5.74) is 0.222. The molecule has 0 bridgehead atoms. The number of ketones is 1. The number of nitrogens with zero attached hydrogens (tertiary/aromatic N) is 1. The fourth-order valence-corrected chi connectivity index (χ4v) is 4.24. The predicted octanol–water partition coefficient (Wildman–Crippen LogP) is 4.62. The molecule has 0 aliphatic carbocycles. The van der Waals surface area contributed by atoms with Gasteiger partial charge in [0.05, 0.1) is 18.2 Å². The highest BCUT2D eigenvalue weighted by Crippen LogP contribution is 2.32. The number of piperidine rings is 1. The minimum atomic E-state index is -1.20. The average Bonchev–Trinajstić information content (AvgIpc) is 2.95. The van der Waals surface area contributed by atoms with Crippen LogP contribution >= 0.6 is 0 Å². The molecule has 1 N–H and O–H groups in total. The summed E-state index contributed by atoms with van der Waals surface area (Å²) in [4.78, 5) is 27.0. The Bertz CT molecular complexity index is 967. The number of nitrogens with one attached hydrogen (secondary N) is 1. The molecule has 0 saturated carbocycles. The van der Waals surface area contributed by atoms with Crippen LogP contribution in [0.15, 0.2) is 36.4 Å². The van der Waals surface area contributed by atoms with Crippen molar-refractivity contribution in [3.8, 4) is 5.75 Å². The lowest BCUT2D eigenvalue weighted by Gasteiger charge is -2.32. The van der Waals surface area contributed by atoms with Crippen molar-refractivity contribution in [3.63, 3.8) is 0 Å². The van der Waals surface area contributed by atoms with E-state index in [4.69, 9.17) is 4.74 Å². The van der Waals surface area contributed by atoms with Crippen LogP contribution in [0.3, 0.4) is 0 Å². The normalized spacial score (nSPS) is 19.2. The second-order valence-electron chi connectivity index (χ2n) is 7.90. The molecule has 2 aliphatic heterocycles. The Kier molecular flexibility index (Phi) is 6.15. The molecule has 31 heavy (non-hydrogen) atoms. The summed E-state index contributed by atoms with van der Waals surface area (Å²) < 4.78 is 46.7. The number of halogens is 3. The average molecular weight is 432 g/mol. The molecule has 0 unspecified atom stereocenters. The lowest BCUT2D eigenvalue weighted by atomic mass is 9.88. The van der Waals surface area contributed by atoms with Gasteiger partial charge in [-0.25, -0.2) is 18.0 Å². The van der Waals surface area contributed by atoms with Gasteiger partial charge in [0.2, 0.25) is 0 Å². The van der Waals surface area contributed by atoms with Crippen molar-refractivity contribution in [3.05, 3.63) is 65.0 Å². The van der Waals surface area contributed by atoms with E-state index < -0.39 is 34.7 Å². The van der Waals surface area contributed by atoms with Gasteiger partial charge in [-0.1, -0.05) is 18.2 Å². The molecule has 2 amide bonds. The molecule has 2 aromatic rings. The van der Waals surface area contributed by atoms with Crippen molar-refractivity contribution in [2.24, 2.45) is 5.92 Å². The number of Topliss-reactive ketones (excluding diaryl/α,β-unsaturated/α-hetero) is 1. The molecular weight excluding hydrogens is 409 g/mol. The number of ether oxygens (including phenoxy) is 1. The third-order valence-electron chi connectivity index (χ3n) is 5.89. The Hall–Kier alpha value is -3.03. The van der Waals surface area contributed by atoms with Crippen molar-refractivity contribution in [2.45, 2.75) is 31.7 Å². The Morgan fingerprint density at radius 3 is 2.39 bits per heavy atom. The number of para-hydroxylation sites is 1. The first-order valence-electron chi connectivity index (χ1n) is 10.4. The quantitative estimate of drug-likeness (QED) is 0.720. The summed E-state index contributed by atoms with van der Waals surface area (Å²) in [6.07, 6.45) is 2.13. The molecule has 2 aliphatic rings. The molecule has 4 rings (SSSR count). The van der Waals surface area contributed by atoms with Gasteiger partial charge in [0.1, 0.15) is 23.2 Å². The van der Waals surface area contributed by atoms with E-state index in [-0.39, 0.29) is 38.0 Å². The maximum atomic E-state index is 14.0. The fourth-order valence-electron chi connectivity index (χ4n) is 4.24. The maximum Gasteiger partial charge on any atom is 0.317 e. The smallest absolute Gasteiger partial charge is 0.317 e. The Morgan fingerprint density at radius 2 is 1.68 bits per heavy atom. The van der Waals surface area contributed by atoms with Gasteiger partial charge in [0.15, 0.2) is 5.78 Å². The fraction of sp³-hybridized carbons (Fsp3) is 0.391. The number of rotatable bonds is 3. The Morgan fingerprint density at radius 1 is 1.00 bits per heavy atom. The van der Waals surface area contributed by atoms with Crippen LogP contribution in [0, 0.1) is 23.4 Å². The van der Waals surface area contributed by atoms with Crippen molar-refractivity contribution in [1.82, 2.24) is 10.2 Å². The van der Waals surface area contributed by atoms with Gasteiger partial charge in [-0.2, -0.15) is 0 Å².